The number of hydrogen-bond donors (Lipinski definition) is 2. The maximum atomic E-state index is 12.0. The van der Waals surface area contributed by atoms with Crippen LogP contribution in [-0.2, 0) is 11.2 Å². The van der Waals surface area contributed by atoms with E-state index in [1.807, 2.05) is 36.4 Å². The SMILES string of the molecule is CCCCCNc1ccc(NC(=O)Cc2ccc(Cl)cc2)cc1. The number of halogens is 1. The normalized spacial score (nSPS) is 10.3. The fourth-order valence-corrected chi connectivity index (χ4v) is 2.40. The van der Waals surface area contributed by atoms with Gasteiger partial charge in [0.1, 0.15) is 0 Å². The van der Waals surface area contributed by atoms with Gasteiger partial charge in [0.05, 0.1) is 6.42 Å². The number of unbranched alkanes of at least 4 members (excludes halogenated alkanes) is 2. The highest BCUT2D eigenvalue weighted by atomic mass is 35.5. The summed E-state index contributed by atoms with van der Waals surface area (Å²) < 4.78 is 0. The number of amides is 1. The van der Waals surface area contributed by atoms with Crippen LogP contribution < -0.4 is 10.6 Å². The van der Waals surface area contributed by atoms with Crippen LogP contribution in [-0.4, -0.2) is 12.5 Å². The molecule has 0 aliphatic heterocycles. The van der Waals surface area contributed by atoms with Crippen LogP contribution in [0.2, 0.25) is 5.02 Å². The van der Waals surface area contributed by atoms with Gasteiger partial charge >= 0.3 is 0 Å². The molecule has 0 atom stereocenters. The highest BCUT2D eigenvalue weighted by Gasteiger charge is 2.04. The van der Waals surface area contributed by atoms with Crippen LogP contribution in [0.3, 0.4) is 0 Å². The zero-order valence-electron chi connectivity index (χ0n) is 13.4. The molecule has 0 spiro atoms. The zero-order chi connectivity index (χ0) is 16.5. The zero-order valence-corrected chi connectivity index (χ0v) is 14.2. The van der Waals surface area contributed by atoms with E-state index in [1.54, 1.807) is 12.1 Å². The molecule has 4 heteroatoms. The Kier molecular flexibility index (Phi) is 6.95. The van der Waals surface area contributed by atoms with Crippen molar-refractivity contribution in [3.05, 3.63) is 59.1 Å². The predicted molar refractivity (Wildman–Crippen MR) is 98.2 cm³/mol. The van der Waals surface area contributed by atoms with E-state index in [-0.39, 0.29) is 5.91 Å². The van der Waals surface area contributed by atoms with Crippen molar-refractivity contribution in [2.75, 3.05) is 17.2 Å². The molecule has 0 aromatic heterocycles. The number of hydrogen-bond acceptors (Lipinski definition) is 2. The van der Waals surface area contributed by atoms with Gasteiger partial charge in [-0.1, -0.05) is 43.5 Å². The van der Waals surface area contributed by atoms with Crippen LogP contribution >= 0.6 is 11.6 Å². The number of rotatable bonds is 8. The van der Waals surface area contributed by atoms with E-state index in [2.05, 4.69) is 17.6 Å². The summed E-state index contributed by atoms with van der Waals surface area (Å²) in [7, 11) is 0. The first-order chi connectivity index (χ1) is 11.2. The average Bonchev–Trinajstić information content (AvgIpc) is 2.55. The predicted octanol–water partition coefficient (Wildman–Crippen LogP) is 5.12. The van der Waals surface area contributed by atoms with Gasteiger partial charge in [-0.2, -0.15) is 0 Å². The second kappa shape index (κ2) is 9.21. The van der Waals surface area contributed by atoms with Gasteiger partial charge in [-0.25, -0.2) is 0 Å². The summed E-state index contributed by atoms with van der Waals surface area (Å²) in [5.74, 6) is -0.0315. The fraction of sp³-hybridized carbons (Fsp3) is 0.316. The number of benzene rings is 2. The van der Waals surface area contributed by atoms with Crippen LogP contribution in [0.5, 0.6) is 0 Å². The largest absolute Gasteiger partial charge is 0.385 e. The fourth-order valence-electron chi connectivity index (χ4n) is 2.27. The van der Waals surface area contributed by atoms with Gasteiger partial charge in [-0.15, -0.1) is 0 Å². The van der Waals surface area contributed by atoms with Gasteiger partial charge in [0, 0.05) is 22.9 Å². The minimum absolute atomic E-state index is 0.0315. The summed E-state index contributed by atoms with van der Waals surface area (Å²) in [6.07, 6.45) is 3.98. The van der Waals surface area contributed by atoms with Crippen LogP contribution in [0.25, 0.3) is 0 Å². The van der Waals surface area contributed by atoms with Crippen molar-refractivity contribution in [2.45, 2.75) is 32.6 Å². The lowest BCUT2D eigenvalue weighted by molar-refractivity contribution is -0.115. The molecule has 0 fully saturated rings. The lowest BCUT2D eigenvalue weighted by atomic mass is 10.1. The van der Waals surface area contributed by atoms with Gasteiger partial charge in [0.15, 0.2) is 0 Å². The summed E-state index contributed by atoms with van der Waals surface area (Å²) in [6.45, 7) is 3.18. The van der Waals surface area contributed by atoms with E-state index in [1.165, 1.54) is 19.3 Å². The lowest BCUT2D eigenvalue weighted by Crippen LogP contribution is -2.14. The number of carbonyl (C=O) groups is 1. The quantitative estimate of drug-likeness (QED) is 0.659. The van der Waals surface area contributed by atoms with Crippen molar-refractivity contribution < 1.29 is 4.79 Å². The van der Waals surface area contributed by atoms with Crippen LogP contribution in [0, 0.1) is 0 Å². The van der Waals surface area contributed by atoms with Crippen molar-refractivity contribution >= 4 is 28.9 Å². The monoisotopic (exact) mass is 330 g/mol. The number of nitrogens with one attached hydrogen (secondary N) is 2. The van der Waals surface area contributed by atoms with Crippen molar-refractivity contribution in [1.29, 1.82) is 0 Å². The van der Waals surface area contributed by atoms with Crippen molar-refractivity contribution in [3.63, 3.8) is 0 Å². The Labute approximate surface area is 143 Å². The smallest absolute Gasteiger partial charge is 0.228 e. The molecular weight excluding hydrogens is 308 g/mol. The van der Waals surface area contributed by atoms with E-state index in [0.717, 1.165) is 23.5 Å². The molecule has 2 aromatic rings. The first kappa shape index (κ1) is 17.4. The number of anilines is 2. The maximum Gasteiger partial charge on any atom is 0.228 e. The maximum absolute atomic E-state index is 12.0. The highest BCUT2D eigenvalue weighted by molar-refractivity contribution is 6.30. The molecule has 0 bridgehead atoms. The van der Waals surface area contributed by atoms with Gasteiger partial charge in [-0.05, 0) is 48.4 Å². The van der Waals surface area contributed by atoms with Crippen LogP contribution in [0.4, 0.5) is 11.4 Å². The molecule has 1 amide bonds. The molecule has 0 radical (unpaired) electrons. The van der Waals surface area contributed by atoms with E-state index >= 15 is 0 Å². The van der Waals surface area contributed by atoms with E-state index < -0.39 is 0 Å². The third-order valence-electron chi connectivity index (χ3n) is 3.56. The van der Waals surface area contributed by atoms with Gasteiger partial charge in [-0.3, -0.25) is 4.79 Å². The Morgan fingerprint density at radius 1 is 0.957 bits per heavy atom. The summed E-state index contributed by atoms with van der Waals surface area (Å²) >= 11 is 5.84. The molecule has 122 valence electrons. The molecular formula is C19H23ClN2O. The molecule has 2 rings (SSSR count). The van der Waals surface area contributed by atoms with Crippen molar-refractivity contribution in [2.24, 2.45) is 0 Å². The third-order valence-corrected chi connectivity index (χ3v) is 3.81. The molecule has 0 aliphatic carbocycles. The van der Waals surface area contributed by atoms with Crippen molar-refractivity contribution in [3.8, 4) is 0 Å². The third kappa shape index (κ3) is 6.33. The lowest BCUT2D eigenvalue weighted by Gasteiger charge is -2.08. The Balaban J connectivity index is 1.80. The van der Waals surface area contributed by atoms with Crippen LogP contribution in [0.15, 0.2) is 48.5 Å². The van der Waals surface area contributed by atoms with Crippen molar-refractivity contribution in [1.82, 2.24) is 0 Å². The molecule has 0 heterocycles. The molecule has 2 N–H and O–H groups in total. The second-order valence-electron chi connectivity index (χ2n) is 5.56. The van der Waals surface area contributed by atoms with E-state index in [0.29, 0.717) is 11.4 Å². The first-order valence-electron chi connectivity index (χ1n) is 8.05. The molecule has 0 unspecified atom stereocenters. The van der Waals surface area contributed by atoms with Gasteiger partial charge in [0.25, 0.3) is 0 Å². The Bertz CT molecular complexity index is 608. The van der Waals surface area contributed by atoms with E-state index in [9.17, 15) is 4.79 Å². The highest BCUT2D eigenvalue weighted by Crippen LogP contribution is 2.15. The summed E-state index contributed by atoms with van der Waals surface area (Å²) in [4.78, 5) is 12.0. The molecule has 0 aliphatic rings. The Morgan fingerprint density at radius 3 is 2.26 bits per heavy atom. The molecule has 2 aromatic carbocycles. The molecule has 0 saturated heterocycles. The topological polar surface area (TPSA) is 41.1 Å². The van der Waals surface area contributed by atoms with Gasteiger partial charge < -0.3 is 10.6 Å². The number of carbonyl (C=O) groups excluding carboxylic acids is 1. The molecule has 3 nitrogen and oxygen atoms in total. The first-order valence-corrected chi connectivity index (χ1v) is 8.43. The average molecular weight is 331 g/mol. The second-order valence-corrected chi connectivity index (χ2v) is 6.00. The molecule has 0 saturated carbocycles. The summed E-state index contributed by atoms with van der Waals surface area (Å²) in [5.41, 5.74) is 2.83. The minimum atomic E-state index is -0.0315. The standard InChI is InChI=1S/C19H23ClN2O/c1-2-3-4-13-21-17-9-11-18(12-10-17)22-19(23)14-15-5-7-16(20)8-6-15/h5-12,21H,2-4,13-14H2,1H3,(H,22,23). The Morgan fingerprint density at radius 2 is 1.61 bits per heavy atom. The minimum Gasteiger partial charge on any atom is -0.385 e. The van der Waals surface area contributed by atoms with Crippen LogP contribution in [0.1, 0.15) is 31.7 Å². The van der Waals surface area contributed by atoms with Gasteiger partial charge in [0.2, 0.25) is 5.91 Å². The van der Waals surface area contributed by atoms with E-state index in [4.69, 9.17) is 11.6 Å². The Hall–Kier alpha value is -2.00. The summed E-state index contributed by atoms with van der Waals surface area (Å²) in [5, 5.41) is 6.97. The summed E-state index contributed by atoms with van der Waals surface area (Å²) in [6, 6.07) is 15.1. The molecule has 23 heavy (non-hydrogen) atoms.